The minimum atomic E-state index is -0.414. The summed E-state index contributed by atoms with van der Waals surface area (Å²) in [6, 6.07) is 6.37. The van der Waals surface area contributed by atoms with Crippen LogP contribution in [0.15, 0.2) is 36.9 Å². The van der Waals surface area contributed by atoms with Gasteiger partial charge in [0, 0.05) is 5.56 Å². The standard InChI is InChI=1S/C13H14O3/c1-4-9(2)16-13(15)12-7-5-11(6-8-12)10(3)14/h4-9H,1H2,2-3H3/t9-/m0/s1. The zero-order valence-electron chi connectivity index (χ0n) is 9.40. The number of carbonyl (C=O) groups excluding carboxylic acids is 2. The summed E-state index contributed by atoms with van der Waals surface area (Å²) in [7, 11) is 0. The highest BCUT2D eigenvalue weighted by molar-refractivity contribution is 5.96. The van der Waals surface area contributed by atoms with Crippen molar-refractivity contribution in [3.8, 4) is 0 Å². The van der Waals surface area contributed by atoms with Crippen molar-refractivity contribution in [3.63, 3.8) is 0 Å². The minimum absolute atomic E-state index is 0.0284. The molecule has 1 aromatic carbocycles. The van der Waals surface area contributed by atoms with Crippen LogP contribution in [0.3, 0.4) is 0 Å². The van der Waals surface area contributed by atoms with E-state index in [4.69, 9.17) is 4.74 Å². The SMILES string of the molecule is C=C[C@H](C)OC(=O)c1ccc(C(C)=O)cc1. The van der Waals surface area contributed by atoms with E-state index >= 15 is 0 Å². The molecule has 0 amide bonds. The van der Waals surface area contributed by atoms with Gasteiger partial charge in [-0.25, -0.2) is 4.79 Å². The molecule has 0 unspecified atom stereocenters. The molecule has 0 saturated carbocycles. The van der Waals surface area contributed by atoms with Crippen LogP contribution in [0, 0.1) is 0 Å². The summed E-state index contributed by atoms with van der Waals surface area (Å²) >= 11 is 0. The van der Waals surface area contributed by atoms with Crippen molar-refractivity contribution in [3.05, 3.63) is 48.0 Å². The van der Waals surface area contributed by atoms with Gasteiger partial charge in [0.1, 0.15) is 6.10 Å². The van der Waals surface area contributed by atoms with Crippen LogP contribution in [-0.2, 0) is 4.74 Å². The van der Waals surface area contributed by atoms with E-state index in [0.29, 0.717) is 11.1 Å². The van der Waals surface area contributed by atoms with Crippen LogP contribution in [0.25, 0.3) is 0 Å². The lowest BCUT2D eigenvalue weighted by Crippen LogP contribution is -2.12. The number of hydrogen-bond acceptors (Lipinski definition) is 3. The molecule has 84 valence electrons. The summed E-state index contributed by atoms with van der Waals surface area (Å²) < 4.78 is 5.04. The van der Waals surface area contributed by atoms with E-state index in [1.54, 1.807) is 37.3 Å². The number of benzene rings is 1. The molecule has 0 saturated heterocycles. The van der Waals surface area contributed by atoms with Crippen molar-refractivity contribution < 1.29 is 14.3 Å². The number of esters is 1. The summed E-state index contributed by atoms with van der Waals surface area (Å²) in [5.74, 6) is -0.443. The normalized spacial score (nSPS) is 11.6. The highest BCUT2D eigenvalue weighted by atomic mass is 16.5. The van der Waals surface area contributed by atoms with E-state index in [1.165, 1.54) is 6.92 Å². The van der Waals surface area contributed by atoms with Gasteiger partial charge < -0.3 is 4.74 Å². The van der Waals surface area contributed by atoms with Crippen molar-refractivity contribution >= 4 is 11.8 Å². The van der Waals surface area contributed by atoms with Crippen molar-refractivity contribution in [2.45, 2.75) is 20.0 Å². The zero-order valence-corrected chi connectivity index (χ0v) is 9.40. The third-order valence-corrected chi connectivity index (χ3v) is 2.15. The van der Waals surface area contributed by atoms with Crippen molar-refractivity contribution in [2.75, 3.05) is 0 Å². The number of ketones is 1. The van der Waals surface area contributed by atoms with Gasteiger partial charge in [-0.1, -0.05) is 24.8 Å². The van der Waals surface area contributed by atoms with Gasteiger partial charge in [-0.3, -0.25) is 4.79 Å². The molecule has 0 spiro atoms. The fraction of sp³-hybridized carbons (Fsp3) is 0.231. The molecule has 0 N–H and O–H groups in total. The second-order valence-electron chi connectivity index (χ2n) is 3.48. The summed E-state index contributed by atoms with van der Waals surface area (Å²) in [6.07, 6.45) is 1.22. The summed E-state index contributed by atoms with van der Waals surface area (Å²) in [5.41, 5.74) is 1.01. The number of ether oxygens (including phenoxy) is 1. The smallest absolute Gasteiger partial charge is 0.338 e. The molecule has 0 aromatic heterocycles. The molecule has 0 aliphatic rings. The Balaban J connectivity index is 2.77. The third kappa shape index (κ3) is 3.05. The minimum Gasteiger partial charge on any atom is -0.455 e. The summed E-state index contributed by atoms with van der Waals surface area (Å²) in [6.45, 7) is 6.73. The molecule has 1 rings (SSSR count). The van der Waals surface area contributed by atoms with Crippen LogP contribution in [0.4, 0.5) is 0 Å². The molecule has 0 bridgehead atoms. The van der Waals surface area contributed by atoms with E-state index < -0.39 is 5.97 Å². The zero-order chi connectivity index (χ0) is 12.1. The maximum absolute atomic E-state index is 11.5. The monoisotopic (exact) mass is 218 g/mol. The van der Waals surface area contributed by atoms with Gasteiger partial charge in [-0.05, 0) is 26.0 Å². The number of hydrogen-bond donors (Lipinski definition) is 0. The van der Waals surface area contributed by atoms with Crippen molar-refractivity contribution in [2.24, 2.45) is 0 Å². The number of carbonyl (C=O) groups is 2. The summed E-state index contributed by atoms with van der Waals surface area (Å²) in [4.78, 5) is 22.6. The van der Waals surface area contributed by atoms with Gasteiger partial charge in [-0.15, -0.1) is 0 Å². The lowest BCUT2D eigenvalue weighted by atomic mass is 10.1. The molecular formula is C13H14O3. The molecule has 0 radical (unpaired) electrons. The van der Waals surface area contributed by atoms with Crippen LogP contribution < -0.4 is 0 Å². The highest BCUT2D eigenvalue weighted by Gasteiger charge is 2.10. The first-order valence-corrected chi connectivity index (χ1v) is 4.99. The van der Waals surface area contributed by atoms with Gasteiger partial charge in [0.25, 0.3) is 0 Å². The molecule has 3 heteroatoms. The first-order chi connectivity index (χ1) is 7.54. The Hall–Kier alpha value is -1.90. The molecule has 0 fully saturated rings. The molecule has 1 atom stereocenters. The van der Waals surface area contributed by atoms with E-state index in [0.717, 1.165) is 0 Å². The second-order valence-corrected chi connectivity index (χ2v) is 3.48. The Bertz CT molecular complexity index is 404. The Morgan fingerprint density at radius 3 is 2.19 bits per heavy atom. The number of rotatable bonds is 4. The first kappa shape index (κ1) is 12.2. The maximum Gasteiger partial charge on any atom is 0.338 e. The van der Waals surface area contributed by atoms with Gasteiger partial charge in [0.05, 0.1) is 5.56 Å². The second kappa shape index (κ2) is 5.26. The van der Waals surface area contributed by atoms with Crippen molar-refractivity contribution in [1.82, 2.24) is 0 Å². The van der Waals surface area contributed by atoms with Crippen LogP contribution in [-0.4, -0.2) is 17.9 Å². The average molecular weight is 218 g/mol. The molecule has 0 aliphatic heterocycles. The fourth-order valence-corrected chi connectivity index (χ4v) is 1.13. The quantitative estimate of drug-likeness (QED) is 0.443. The molecule has 1 aromatic rings. The van der Waals surface area contributed by atoms with Gasteiger partial charge >= 0.3 is 5.97 Å². The fourth-order valence-electron chi connectivity index (χ4n) is 1.13. The molecule has 0 heterocycles. The molecule has 0 aliphatic carbocycles. The molecule has 3 nitrogen and oxygen atoms in total. The highest BCUT2D eigenvalue weighted by Crippen LogP contribution is 2.08. The average Bonchev–Trinajstić information content (AvgIpc) is 2.28. The van der Waals surface area contributed by atoms with Crippen LogP contribution in [0.5, 0.6) is 0 Å². The predicted molar refractivity (Wildman–Crippen MR) is 61.5 cm³/mol. The lowest BCUT2D eigenvalue weighted by molar-refractivity contribution is 0.0425. The van der Waals surface area contributed by atoms with Gasteiger partial charge in [0.2, 0.25) is 0 Å². The topological polar surface area (TPSA) is 43.4 Å². The Labute approximate surface area is 94.7 Å². The maximum atomic E-state index is 11.5. The van der Waals surface area contributed by atoms with Crippen LogP contribution in [0.1, 0.15) is 34.6 Å². The van der Waals surface area contributed by atoms with Crippen LogP contribution >= 0.6 is 0 Å². The lowest BCUT2D eigenvalue weighted by Gasteiger charge is -2.08. The Morgan fingerprint density at radius 1 is 1.25 bits per heavy atom. The van der Waals surface area contributed by atoms with Gasteiger partial charge in [-0.2, -0.15) is 0 Å². The molecular weight excluding hydrogens is 204 g/mol. The van der Waals surface area contributed by atoms with E-state index in [-0.39, 0.29) is 11.9 Å². The Morgan fingerprint density at radius 2 is 1.75 bits per heavy atom. The van der Waals surface area contributed by atoms with E-state index in [9.17, 15) is 9.59 Å². The number of Topliss-reactive ketones (excluding diaryl/α,β-unsaturated/α-hetero) is 1. The Kier molecular flexibility index (Phi) is 4.00. The van der Waals surface area contributed by atoms with E-state index in [1.807, 2.05) is 0 Å². The summed E-state index contributed by atoms with van der Waals surface area (Å²) in [5, 5.41) is 0. The largest absolute Gasteiger partial charge is 0.455 e. The third-order valence-electron chi connectivity index (χ3n) is 2.15. The van der Waals surface area contributed by atoms with Gasteiger partial charge in [0.15, 0.2) is 5.78 Å². The van der Waals surface area contributed by atoms with Crippen molar-refractivity contribution in [1.29, 1.82) is 0 Å². The first-order valence-electron chi connectivity index (χ1n) is 4.99. The van der Waals surface area contributed by atoms with Crippen LogP contribution in [0.2, 0.25) is 0 Å². The van der Waals surface area contributed by atoms with E-state index in [2.05, 4.69) is 6.58 Å². The molecule has 16 heavy (non-hydrogen) atoms. The predicted octanol–water partition coefficient (Wildman–Crippen LogP) is 2.62.